The van der Waals surface area contributed by atoms with Crippen molar-refractivity contribution >= 4 is 109 Å². The molecule has 3 nitrogen and oxygen atoms in total. The van der Waals surface area contributed by atoms with Gasteiger partial charge in [-0.3, -0.25) is 0 Å². The number of nitrogens with zero attached hydrogens (tertiary/aromatic N) is 2. The van der Waals surface area contributed by atoms with Gasteiger partial charge in [-0.1, -0.05) is 267 Å². The number of hydrogen-bond acceptors (Lipinski definition) is 1. The van der Waals surface area contributed by atoms with Crippen LogP contribution < -0.4 is 0 Å². The SMILES string of the molecule is c1cc(-c2cccc3oc4ccccc4c23)cc(-n2c3cccc4c3c3c5c(cccc5c5ccccc5c32)-c2ccccc2-4)c1.c1ccc(-c2ccccc2-c2ccc(-n3c4cccc5c4c4c6c(cccc6c6ccccc6c43)-c3ccccc3-5)cc2)cc1. The predicted octanol–water partition coefficient (Wildman–Crippen LogP) is 24.4. The van der Waals surface area contributed by atoms with Crippen LogP contribution in [0, 0.1) is 0 Å². The van der Waals surface area contributed by atoms with Crippen LogP contribution in [0.15, 0.2) is 320 Å². The maximum Gasteiger partial charge on any atom is 0.136 e. The molecule has 0 N–H and O–H groups in total. The van der Waals surface area contributed by atoms with Crippen LogP contribution in [0.5, 0.6) is 0 Å². The highest BCUT2D eigenvalue weighted by molar-refractivity contribution is 6.39. The maximum atomic E-state index is 6.28. The van der Waals surface area contributed by atoms with E-state index in [9.17, 15) is 0 Å². The third-order valence-corrected chi connectivity index (χ3v) is 19.8. The molecule has 0 radical (unpaired) electrons. The molecule has 3 heterocycles. The molecule has 2 aliphatic carbocycles. The Balaban J connectivity index is 0.000000127. The zero-order chi connectivity index (χ0) is 59.4. The third kappa shape index (κ3) is 7.09. The summed E-state index contributed by atoms with van der Waals surface area (Å²) in [6.45, 7) is 0. The summed E-state index contributed by atoms with van der Waals surface area (Å²) in [7, 11) is 0. The number of aromatic nitrogens is 2. The fourth-order valence-electron chi connectivity index (χ4n) is 16.2. The van der Waals surface area contributed by atoms with E-state index < -0.39 is 0 Å². The lowest BCUT2D eigenvalue weighted by molar-refractivity contribution is 0.669. The summed E-state index contributed by atoms with van der Waals surface area (Å²) in [5.41, 5.74) is 26.8. The summed E-state index contributed by atoms with van der Waals surface area (Å²) in [5.74, 6) is 0. The van der Waals surface area contributed by atoms with Crippen LogP contribution in [0.2, 0.25) is 0 Å². The molecular formula is C88H52N2O. The van der Waals surface area contributed by atoms with Crippen LogP contribution in [0.25, 0.3) is 198 Å². The van der Waals surface area contributed by atoms with Crippen molar-refractivity contribution in [3.8, 4) is 89.3 Å². The molecule has 3 heteroatoms. The average molecular weight is 1150 g/mol. The summed E-state index contributed by atoms with van der Waals surface area (Å²) in [4.78, 5) is 0. The molecule has 0 bridgehead atoms. The monoisotopic (exact) mass is 1150 g/mol. The first kappa shape index (κ1) is 50.0. The van der Waals surface area contributed by atoms with Crippen molar-refractivity contribution in [2.75, 3.05) is 0 Å². The van der Waals surface area contributed by atoms with Gasteiger partial charge in [0.15, 0.2) is 0 Å². The normalized spacial score (nSPS) is 12.2. The Bertz CT molecular complexity index is 6310. The summed E-state index contributed by atoms with van der Waals surface area (Å²) >= 11 is 0. The van der Waals surface area contributed by atoms with Crippen molar-refractivity contribution in [3.63, 3.8) is 0 Å². The van der Waals surface area contributed by atoms with Crippen LogP contribution in [-0.2, 0) is 0 Å². The van der Waals surface area contributed by atoms with Gasteiger partial charge >= 0.3 is 0 Å². The first-order valence-corrected chi connectivity index (χ1v) is 31.5. The van der Waals surface area contributed by atoms with Gasteiger partial charge in [0.1, 0.15) is 11.2 Å². The van der Waals surface area contributed by atoms with E-state index in [0.717, 1.165) is 27.6 Å². The molecule has 3 aromatic heterocycles. The summed E-state index contributed by atoms with van der Waals surface area (Å²) in [6, 6.07) is 115. The summed E-state index contributed by atoms with van der Waals surface area (Å²) in [5, 5.41) is 18.1. The Morgan fingerprint density at radius 2 is 0.560 bits per heavy atom. The lowest BCUT2D eigenvalue weighted by Crippen LogP contribution is -1.96. The third-order valence-electron chi connectivity index (χ3n) is 19.8. The number of hydrogen-bond donors (Lipinski definition) is 0. The number of rotatable bonds is 5. The van der Waals surface area contributed by atoms with Crippen molar-refractivity contribution in [2.45, 2.75) is 0 Å². The minimum absolute atomic E-state index is 0.913. The van der Waals surface area contributed by atoms with E-state index in [-0.39, 0.29) is 0 Å². The molecule has 0 saturated carbocycles. The van der Waals surface area contributed by atoms with E-state index in [2.05, 4.69) is 319 Å². The molecule has 0 aliphatic heterocycles. The van der Waals surface area contributed by atoms with Gasteiger partial charge in [0.05, 0.1) is 22.1 Å². The molecule has 420 valence electrons. The van der Waals surface area contributed by atoms with Crippen LogP contribution in [0.1, 0.15) is 0 Å². The van der Waals surface area contributed by atoms with Crippen molar-refractivity contribution in [2.24, 2.45) is 0 Å². The molecule has 16 aromatic carbocycles. The molecule has 0 saturated heterocycles. The van der Waals surface area contributed by atoms with Crippen LogP contribution in [0.4, 0.5) is 0 Å². The largest absolute Gasteiger partial charge is 0.456 e. The number of fused-ring (bicyclic) bond motifs is 15. The summed E-state index contributed by atoms with van der Waals surface area (Å²) < 4.78 is 11.3. The minimum atomic E-state index is 0.913. The van der Waals surface area contributed by atoms with Gasteiger partial charge in [0, 0.05) is 65.2 Å². The molecule has 0 spiro atoms. The zero-order valence-corrected chi connectivity index (χ0v) is 49.3. The zero-order valence-electron chi connectivity index (χ0n) is 49.3. The maximum absolute atomic E-state index is 6.28. The molecule has 0 amide bonds. The molecule has 91 heavy (non-hydrogen) atoms. The van der Waals surface area contributed by atoms with Gasteiger partial charge in [0.25, 0.3) is 0 Å². The Kier molecular flexibility index (Phi) is 10.6. The van der Waals surface area contributed by atoms with Gasteiger partial charge in [-0.25, -0.2) is 0 Å². The van der Waals surface area contributed by atoms with Crippen molar-refractivity contribution in [3.05, 3.63) is 315 Å². The number of benzene rings is 16. The molecular weight excluding hydrogens is 1100 g/mol. The first-order valence-electron chi connectivity index (χ1n) is 31.5. The van der Waals surface area contributed by atoms with E-state index in [1.165, 1.54) is 170 Å². The molecule has 2 aliphatic rings. The molecule has 0 fully saturated rings. The molecule has 19 aromatic rings. The fraction of sp³-hybridized carbons (Fsp3) is 0. The van der Waals surface area contributed by atoms with Crippen LogP contribution in [-0.4, -0.2) is 9.13 Å². The van der Waals surface area contributed by atoms with E-state index in [4.69, 9.17) is 4.42 Å². The second kappa shape index (κ2) is 19.2. The Labute approximate surface area is 523 Å². The topological polar surface area (TPSA) is 23.0 Å². The van der Waals surface area contributed by atoms with Crippen molar-refractivity contribution in [1.82, 2.24) is 9.13 Å². The van der Waals surface area contributed by atoms with E-state index in [0.29, 0.717) is 0 Å². The summed E-state index contributed by atoms with van der Waals surface area (Å²) in [6.07, 6.45) is 0. The van der Waals surface area contributed by atoms with Crippen LogP contribution >= 0.6 is 0 Å². The minimum Gasteiger partial charge on any atom is -0.456 e. The highest BCUT2D eigenvalue weighted by atomic mass is 16.3. The van der Waals surface area contributed by atoms with E-state index >= 15 is 0 Å². The highest BCUT2D eigenvalue weighted by Gasteiger charge is 2.29. The number of furan rings is 1. The predicted molar refractivity (Wildman–Crippen MR) is 384 cm³/mol. The van der Waals surface area contributed by atoms with Crippen molar-refractivity contribution < 1.29 is 4.42 Å². The molecule has 0 atom stereocenters. The molecule has 0 unspecified atom stereocenters. The van der Waals surface area contributed by atoms with Gasteiger partial charge < -0.3 is 13.6 Å². The Morgan fingerprint density at radius 1 is 0.187 bits per heavy atom. The second-order valence-corrected chi connectivity index (χ2v) is 24.4. The highest BCUT2D eigenvalue weighted by Crippen LogP contribution is 2.55. The van der Waals surface area contributed by atoms with Gasteiger partial charge in [-0.05, 0) is 148 Å². The van der Waals surface area contributed by atoms with Gasteiger partial charge in [0.2, 0.25) is 0 Å². The first-order chi connectivity index (χ1) is 45.2. The van der Waals surface area contributed by atoms with Crippen molar-refractivity contribution in [1.29, 1.82) is 0 Å². The van der Waals surface area contributed by atoms with E-state index in [1.54, 1.807) is 0 Å². The standard InChI is InChI=1S/C44H25NO.C44H27N/c1-2-14-30-29(13-1)32-19-8-20-33-31-15-3-4-16-35(31)44-43(41(32)33)42-34(30)21-9-22-37(42)45(44)27-12-7-11-26(25-27)28-18-10-24-39-40(28)36-17-5-6-23-38(36)46-39;1-2-12-28(13-3-1)31-14-4-5-15-32(31)29-24-26-30(27-25-29)45-40-23-11-22-38-34-17-7-6-16-33(34)36-20-10-21-37-35-18-8-9-19-39(35)44(45)43(41(36)37)42(38)40/h1-25H;1-27H. The quantitative estimate of drug-likeness (QED) is 0.158. The Morgan fingerprint density at radius 3 is 1.12 bits per heavy atom. The smallest absolute Gasteiger partial charge is 0.136 e. The lowest BCUT2D eigenvalue weighted by Gasteiger charge is -2.16. The second-order valence-electron chi connectivity index (χ2n) is 24.4. The lowest BCUT2D eigenvalue weighted by atomic mass is 9.91. The van der Waals surface area contributed by atoms with E-state index in [1.807, 2.05) is 6.07 Å². The molecule has 21 rings (SSSR count). The van der Waals surface area contributed by atoms with Gasteiger partial charge in [-0.2, -0.15) is 0 Å². The number of para-hydroxylation sites is 1. The Hall–Kier alpha value is -12.0. The van der Waals surface area contributed by atoms with Gasteiger partial charge in [-0.15, -0.1) is 0 Å². The average Bonchev–Trinajstić information content (AvgIpc) is 1.55. The fourth-order valence-corrected chi connectivity index (χ4v) is 16.2. The van der Waals surface area contributed by atoms with Crippen LogP contribution in [0.3, 0.4) is 0 Å².